The first-order valence-electron chi connectivity index (χ1n) is 9.32. The van der Waals surface area contributed by atoms with Crippen molar-refractivity contribution >= 4 is 41.0 Å². The second-order valence-electron chi connectivity index (χ2n) is 6.58. The molecule has 0 saturated heterocycles. The highest BCUT2D eigenvalue weighted by Crippen LogP contribution is 2.19. The van der Waals surface area contributed by atoms with Gasteiger partial charge in [0.2, 0.25) is 0 Å². The Morgan fingerprint density at radius 1 is 1.19 bits per heavy atom. The molecule has 26 heavy (non-hydrogen) atoms. The summed E-state index contributed by atoms with van der Waals surface area (Å²) in [6.45, 7) is 4.70. The van der Waals surface area contributed by atoms with E-state index < -0.39 is 0 Å². The van der Waals surface area contributed by atoms with E-state index in [2.05, 4.69) is 56.4 Å². The number of guanidine groups is 1. The number of nitrogens with one attached hydrogen (secondary N) is 2. The number of halogens is 1. The second-order valence-corrected chi connectivity index (χ2v) is 6.58. The van der Waals surface area contributed by atoms with Gasteiger partial charge in [-0.15, -0.1) is 24.0 Å². The Labute approximate surface area is 173 Å². The molecule has 1 aromatic carbocycles. The third kappa shape index (κ3) is 5.46. The third-order valence-corrected chi connectivity index (χ3v) is 4.82. The number of nitrogens with zero attached hydrogens (tertiary/aromatic N) is 3. The highest BCUT2D eigenvalue weighted by atomic mass is 127. The summed E-state index contributed by atoms with van der Waals surface area (Å²) in [6, 6.07) is 8.28. The molecule has 0 saturated carbocycles. The number of aromatic nitrogens is 2. The summed E-state index contributed by atoms with van der Waals surface area (Å²) in [5.41, 5.74) is 3.84. The lowest BCUT2D eigenvalue weighted by atomic mass is 9.97. The zero-order valence-electron chi connectivity index (χ0n) is 15.8. The molecule has 1 aliphatic carbocycles. The van der Waals surface area contributed by atoms with Gasteiger partial charge in [-0.05, 0) is 51.2 Å². The number of para-hydroxylation sites is 2. The molecule has 6 heteroatoms. The minimum absolute atomic E-state index is 0. The van der Waals surface area contributed by atoms with Crippen molar-refractivity contribution in [2.75, 3.05) is 20.1 Å². The Kier molecular flexibility index (Phi) is 8.41. The Bertz CT molecular complexity index is 763. The Balaban J connectivity index is 0.00000243. The zero-order chi connectivity index (χ0) is 17.5. The fourth-order valence-corrected chi connectivity index (χ4v) is 3.46. The first-order chi connectivity index (χ1) is 12.3. The van der Waals surface area contributed by atoms with Gasteiger partial charge in [-0.1, -0.05) is 23.8 Å². The van der Waals surface area contributed by atoms with E-state index in [1.54, 1.807) is 5.57 Å². The minimum Gasteiger partial charge on any atom is -0.356 e. The van der Waals surface area contributed by atoms with E-state index in [1.165, 1.54) is 31.2 Å². The Morgan fingerprint density at radius 3 is 2.77 bits per heavy atom. The van der Waals surface area contributed by atoms with Gasteiger partial charge in [-0.25, -0.2) is 4.98 Å². The third-order valence-electron chi connectivity index (χ3n) is 4.82. The van der Waals surface area contributed by atoms with Crippen LogP contribution in [-0.2, 0) is 6.54 Å². The summed E-state index contributed by atoms with van der Waals surface area (Å²) in [5.74, 6) is 1.92. The molecule has 0 bridgehead atoms. The molecule has 1 aliphatic rings. The van der Waals surface area contributed by atoms with Crippen molar-refractivity contribution < 1.29 is 0 Å². The van der Waals surface area contributed by atoms with E-state index in [9.17, 15) is 0 Å². The molecule has 1 heterocycles. The standard InChI is InChI=1S/C20H29N5.HI/c1-16-24-18-10-6-7-11-19(18)25(16)15-14-23-20(21-2)22-13-12-17-8-4-3-5-9-17;/h6-8,10-11H,3-5,9,12-15H2,1-2H3,(H2,21,22,23);1H. The lowest BCUT2D eigenvalue weighted by Crippen LogP contribution is -2.39. The van der Waals surface area contributed by atoms with Gasteiger partial charge in [0.05, 0.1) is 11.0 Å². The summed E-state index contributed by atoms with van der Waals surface area (Å²) >= 11 is 0. The van der Waals surface area contributed by atoms with Gasteiger partial charge in [-0.3, -0.25) is 4.99 Å². The molecule has 3 rings (SSSR count). The van der Waals surface area contributed by atoms with E-state index in [0.29, 0.717) is 0 Å². The topological polar surface area (TPSA) is 54.2 Å². The van der Waals surface area contributed by atoms with Crippen LogP contribution in [0, 0.1) is 6.92 Å². The van der Waals surface area contributed by atoms with Crippen LogP contribution in [0.25, 0.3) is 11.0 Å². The lowest BCUT2D eigenvalue weighted by molar-refractivity contribution is 0.649. The highest BCUT2D eigenvalue weighted by Gasteiger charge is 2.07. The average molecular weight is 467 g/mol. The van der Waals surface area contributed by atoms with Crippen molar-refractivity contribution in [3.05, 3.63) is 41.7 Å². The van der Waals surface area contributed by atoms with Crippen molar-refractivity contribution in [1.82, 2.24) is 20.2 Å². The molecule has 0 atom stereocenters. The molecule has 0 fully saturated rings. The van der Waals surface area contributed by atoms with Gasteiger partial charge >= 0.3 is 0 Å². The van der Waals surface area contributed by atoms with Crippen molar-refractivity contribution in [2.45, 2.75) is 45.6 Å². The number of hydrogen-bond donors (Lipinski definition) is 2. The Hall–Kier alpha value is -1.57. The minimum atomic E-state index is 0. The summed E-state index contributed by atoms with van der Waals surface area (Å²) in [6.07, 6.45) is 8.74. The van der Waals surface area contributed by atoms with Gasteiger partial charge in [-0.2, -0.15) is 0 Å². The lowest BCUT2D eigenvalue weighted by Gasteiger charge is -2.15. The van der Waals surface area contributed by atoms with Crippen LogP contribution in [0.2, 0.25) is 0 Å². The van der Waals surface area contributed by atoms with Gasteiger partial charge in [0.1, 0.15) is 5.82 Å². The number of aryl methyl sites for hydroxylation is 1. The van der Waals surface area contributed by atoms with Crippen LogP contribution in [0.4, 0.5) is 0 Å². The summed E-state index contributed by atoms with van der Waals surface area (Å²) in [5, 5.41) is 6.83. The van der Waals surface area contributed by atoms with Gasteiger partial charge in [0, 0.05) is 26.7 Å². The van der Waals surface area contributed by atoms with E-state index in [4.69, 9.17) is 0 Å². The van der Waals surface area contributed by atoms with E-state index in [-0.39, 0.29) is 24.0 Å². The molecule has 1 aromatic heterocycles. The number of allylic oxidation sites excluding steroid dienone is 1. The van der Waals surface area contributed by atoms with Crippen LogP contribution in [0.15, 0.2) is 40.9 Å². The predicted octanol–water partition coefficient (Wildman–Crippen LogP) is 4.02. The van der Waals surface area contributed by atoms with Gasteiger partial charge < -0.3 is 15.2 Å². The number of hydrogen-bond acceptors (Lipinski definition) is 2. The van der Waals surface area contributed by atoms with Gasteiger partial charge in [0.25, 0.3) is 0 Å². The molecule has 0 aliphatic heterocycles. The molecule has 2 N–H and O–H groups in total. The van der Waals surface area contributed by atoms with Crippen LogP contribution in [0.5, 0.6) is 0 Å². The van der Waals surface area contributed by atoms with Crippen LogP contribution in [0.1, 0.15) is 37.9 Å². The fraction of sp³-hybridized carbons (Fsp3) is 0.500. The molecule has 0 unspecified atom stereocenters. The van der Waals surface area contributed by atoms with Crippen LogP contribution < -0.4 is 10.6 Å². The van der Waals surface area contributed by atoms with Crippen LogP contribution in [-0.4, -0.2) is 35.6 Å². The largest absolute Gasteiger partial charge is 0.356 e. The number of imidazole rings is 1. The van der Waals surface area contributed by atoms with Crippen molar-refractivity contribution in [1.29, 1.82) is 0 Å². The molecule has 0 spiro atoms. The normalized spacial score (nSPS) is 14.7. The van der Waals surface area contributed by atoms with Crippen molar-refractivity contribution in [3.8, 4) is 0 Å². The second kappa shape index (κ2) is 10.5. The first kappa shape index (κ1) is 20.7. The quantitative estimate of drug-likeness (QED) is 0.292. The van der Waals surface area contributed by atoms with E-state index in [0.717, 1.165) is 43.4 Å². The van der Waals surface area contributed by atoms with Crippen LogP contribution in [0.3, 0.4) is 0 Å². The zero-order valence-corrected chi connectivity index (χ0v) is 18.1. The maximum absolute atomic E-state index is 4.62. The maximum Gasteiger partial charge on any atom is 0.191 e. The summed E-state index contributed by atoms with van der Waals surface area (Å²) in [4.78, 5) is 8.94. The first-order valence-corrected chi connectivity index (χ1v) is 9.32. The number of fused-ring (bicyclic) bond motifs is 1. The molecule has 0 radical (unpaired) electrons. The predicted molar refractivity (Wildman–Crippen MR) is 120 cm³/mol. The van der Waals surface area contributed by atoms with Crippen molar-refractivity contribution in [3.63, 3.8) is 0 Å². The van der Waals surface area contributed by atoms with E-state index in [1.807, 2.05) is 13.1 Å². The summed E-state index contributed by atoms with van der Waals surface area (Å²) in [7, 11) is 1.83. The average Bonchev–Trinajstić information content (AvgIpc) is 2.97. The molecule has 5 nitrogen and oxygen atoms in total. The number of aliphatic imine (C=N–C) groups is 1. The molecule has 142 valence electrons. The highest BCUT2D eigenvalue weighted by molar-refractivity contribution is 14.0. The van der Waals surface area contributed by atoms with Gasteiger partial charge in [0.15, 0.2) is 5.96 Å². The Morgan fingerprint density at radius 2 is 2.00 bits per heavy atom. The summed E-state index contributed by atoms with van der Waals surface area (Å²) < 4.78 is 2.25. The smallest absolute Gasteiger partial charge is 0.191 e. The molecular formula is C20H30IN5. The van der Waals surface area contributed by atoms with Crippen molar-refractivity contribution in [2.24, 2.45) is 4.99 Å². The fourth-order valence-electron chi connectivity index (χ4n) is 3.46. The monoisotopic (exact) mass is 467 g/mol. The maximum atomic E-state index is 4.62. The molecule has 0 amide bonds. The van der Waals surface area contributed by atoms with Crippen LogP contribution >= 0.6 is 24.0 Å². The number of benzene rings is 1. The number of rotatable bonds is 6. The molecule has 2 aromatic rings. The van der Waals surface area contributed by atoms with E-state index >= 15 is 0 Å². The molecular weight excluding hydrogens is 437 g/mol. The SMILES string of the molecule is CN=C(NCCC1=CCCCC1)NCCn1c(C)nc2ccccc21.I.